The van der Waals surface area contributed by atoms with Gasteiger partial charge in [-0.05, 0) is 32.0 Å². The van der Waals surface area contributed by atoms with Crippen LogP contribution < -0.4 is 4.74 Å². The summed E-state index contributed by atoms with van der Waals surface area (Å²) in [7, 11) is 0. The van der Waals surface area contributed by atoms with Gasteiger partial charge >= 0.3 is 5.97 Å². The van der Waals surface area contributed by atoms with Crippen molar-refractivity contribution in [2.45, 2.75) is 13.8 Å². The van der Waals surface area contributed by atoms with E-state index in [0.717, 1.165) is 15.9 Å². The molecule has 0 fully saturated rings. The number of nitrogens with zero attached hydrogens (tertiary/aromatic N) is 2. The summed E-state index contributed by atoms with van der Waals surface area (Å²) in [6, 6.07) is 4.69. The van der Waals surface area contributed by atoms with Gasteiger partial charge in [-0.2, -0.15) is 0 Å². The molecule has 1 aromatic heterocycles. The van der Waals surface area contributed by atoms with Crippen molar-refractivity contribution < 1.29 is 14.6 Å². The summed E-state index contributed by atoms with van der Waals surface area (Å²) < 4.78 is 6.23. The monoisotopic (exact) mass is 322 g/mol. The van der Waals surface area contributed by atoms with Gasteiger partial charge < -0.3 is 9.84 Å². The molecule has 2 aromatic rings. The summed E-state index contributed by atoms with van der Waals surface area (Å²) in [5.41, 5.74) is 1.62. The third kappa shape index (κ3) is 3.08. The average molecular weight is 323 g/mol. The zero-order valence-corrected chi connectivity index (χ0v) is 11.9. The lowest BCUT2D eigenvalue weighted by atomic mass is 10.2. The number of rotatable bonds is 3. The molecule has 0 saturated carbocycles. The summed E-state index contributed by atoms with van der Waals surface area (Å²) in [6.07, 6.45) is 1.47. The number of carboxylic acid groups (broad SMARTS) is 1. The van der Waals surface area contributed by atoms with Crippen LogP contribution in [-0.4, -0.2) is 21.0 Å². The van der Waals surface area contributed by atoms with Gasteiger partial charge in [-0.25, -0.2) is 9.78 Å². The molecule has 1 heterocycles. The summed E-state index contributed by atoms with van der Waals surface area (Å²) in [6.45, 7) is 3.65. The molecule has 1 N–H and O–H groups in total. The minimum absolute atomic E-state index is 0.0724. The molecule has 98 valence electrons. The van der Waals surface area contributed by atoms with Crippen LogP contribution in [0.4, 0.5) is 0 Å². The molecule has 5 nitrogen and oxygen atoms in total. The van der Waals surface area contributed by atoms with Crippen molar-refractivity contribution in [3.05, 3.63) is 45.8 Å². The zero-order valence-electron chi connectivity index (χ0n) is 10.3. The van der Waals surface area contributed by atoms with Crippen LogP contribution in [0.2, 0.25) is 0 Å². The Labute approximate surface area is 118 Å². The second-order valence-electron chi connectivity index (χ2n) is 3.93. The van der Waals surface area contributed by atoms with E-state index >= 15 is 0 Å². The highest BCUT2D eigenvalue weighted by atomic mass is 79.9. The molecule has 0 radical (unpaired) electrons. The van der Waals surface area contributed by atoms with Gasteiger partial charge in [0.1, 0.15) is 11.3 Å². The summed E-state index contributed by atoms with van der Waals surface area (Å²) >= 11 is 3.28. The summed E-state index contributed by atoms with van der Waals surface area (Å²) in [5, 5.41) is 9.10. The molecule has 19 heavy (non-hydrogen) atoms. The smallest absolute Gasteiger partial charge is 0.339 e. The van der Waals surface area contributed by atoms with Gasteiger partial charge in [0.15, 0.2) is 0 Å². The van der Waals surface area contributed by atoms with Crippen LogP contribution in [0.3, 0.4) is 0 Å². The van der Waals surface area contributed by atoms with Crippen LogP contribution >= 0.6 is 15.9 Å². The van der Waals surface area contributed by atoms with Crippen molar-refractivity contribution >= 4 is 21.9 Å². The predicted molar refractivity (Wildman–Crippen MR) is 72.7 cm³/mol. The van der Waals surface area contributed by atoms with Gasteiger partial charge in [0.25, 0.3) is 0 Å². The van der Waals surface area contributed by atoms with Crippen molar-refractivity contribution in [2.24, 2.45) is 0 Å². The Morgan fingerprint density at radius 1 is 1.32 bits per heavy atom. The van der Waals surface area contributed by atoms with Crippen LogP contribution in [0.25, 0.3) is 0 Å². The van der Waals surface area contributed by atoms with E-state index in [2.05, 4.69) is 25.9 Å². The molecule has 0 aliphatic heterocycles. The highest BCUT2D eigenvalue weighted by Crippen LogP contribution is 2.27. The van der Waals surface area contributed by atoms with Crippen molar-refractivity contribution in [2.75, 3.05) is 0 Å². The molecule has 0 unspecified atom stereocenters. The predicted octanol–water partition coefficient (Wildman–Crippen LogP) is 3.35. The molecular formula is C13H11BrN2O3. The Hall–Kier alpha value is -1.95. The van der Waals surface area contributed by atoms with E-state index in [1.54, 1.807) is 12.1 Å². The van der Waals surface area contributed by atoms with E-state index < -0.39 is 5.97 Å². The Kier molecular flexibility index (Phi) is 3.80. The Morgan fingerprint density at radius 2 is 2.05 bits per heavy atom. The first kappa shape index (κ1) is 13.5. The first-order valence-corrected chi connectivity index (χ1v) is 6.27. The Balaban J connectivity index is 2.39. The second-order valence-corrected chi connectivity index (χ2v) is 4.84. The second kappa shape index (κ2) is 5.36. The fourth-order valence-electron chi connectivity index (χ4n) is 1.44. The van der Waals surface area contributed by atoms with Crippen molar-refractivity contribution in [1.29, 1.82) is 0 Å². The number of hydrogen-bond acceptors (Lipinski definition) is 4. The van der Waals surface area contributed by atoms with E-state index in [4.69, 9.17) is 9.84 Å². The molecular weight excluding hydrogens is 312 g/mol. The highest BCUT2D eigenvalue weighted by Gasteiger charge is 2.13. The SMILES string of the molecule is Cc1ncc(Oc2cc(Br)ccc2C(=O)O)nc1C. The van der Waals surface area contributed by atoms with E-state index in [0.29, 0.717) is 0 Å². The Morgan fingerprint density at radius 3 is 2.68 bits per heavy atom. The quantitative estimate of drug-likeness (QED) is 0.938. The van der Waals surface area contributed by atoms with E-state index in [1.807, 2.05) is 13.8 Å². The van der Waals surface area contributed by atoms with Gasteiger partial charge in [-0.15, -0.1) is 0 Å². The van der Waals surface area contributed by atoms with Gasteiger partial charge in [0.05, 0.1) is 17.6 Å². The number of carboxylic acids is 1. The van der Waals surface area contributed by atoms with Crippen LogP contribution in [-0.2, 0) is 0 Å². The highest BCUT2D eigenvalue weighted by molar-refractivity contribution is 9.10. The molecule has 0 amide bonds. The molecule has 0 saturated heterocycles. The lowest BCUT2D eigenvalue weighted by Crippen LogP contribution is -2.01. The summed E-state index contributed by atoms with van der Waals surface area (Å²) in [5.74, 6) is -0.567. The third-order valence-corrected chi connectivity index (χ3v) is 3.05. The molecule has 0 aliphatic carbocycles. The van der Waals surface area contributed by atoms with Crippen LogP contribution in [0, 0.1) is 13.8 Å². The van der Waals surface area contributed by atoms with E-state index in [-0.39, 0.29) is 17.2 Å². The first-order valence-electron chi connectivity index (χ1n) is 5.48. The maximum atomic E-state index is 11.1. The standard InChI is InChI=1S/C13H11BrN2O3/c1-7-8(2)16-12(6-15-7)19-11-5-9(14)3-4-10(11)13(17)18/h3-6H,1-2H3,(H,17,18). The zero-order chi connectivity index (χ0) is 14.0. The minimum Gasteiger partial charge on any atom is -0.478 e. The summed E-state index contributed by atoms with van der Waals surface area (Å²) in [4.78, 5) is 19.4. The van der Waals surface area contributed by atoms with E-state index in [1.165, 1.54) is 12.3 Å². The van der Waals surface area contributed by atoms with Gasteiger partial charge in [-0.1, -0.05) is 15.9 Å². The molecule has 6 heteroatoms. The average Bonchev–Trinajstić information content (AvgIpc) is 2.33. The maximum absolute atomic E-state index is 11.1. The normalized spacial score (nSPS) is 10.3. The van der Waals surface area contributed by atoms with Crippen LogP contribution in [0.15, 0.2) is 28.9 Å². The number of aromatic nitrogens is 2. The van der Waals surface area contributed by atoms with Gasteiger partial charge in [0, 0.05) is 4.47 Å². The fraction of sp³-hybridized carbons (Fsp3) is 0.154. The topological polar surface area (TPSA) is 72.3 Å². The third-order valence-electron chi connectivity index (χ3n) is 2.56. The molecule has 0 spiro atoms. The number of ether oxygens (including phenoxy) is 1. The van der Waals surface area contributed by atoms with Crippen molar-refractivity contribution in [1.82, 2.24) is 9.97 Å². The molecule has 2 rings (SSSR count). The molecule has 0 bridgehead atoms. The maximum Gasteiger partial charge on any atom is 0.339 e. The number of halogens is 1. The lowest BCUT2D eigenvalue weighted by molar-refractivity contribution is 0.0694. The Bertz CT molecular complexity index is 644. The molecule has 0 aliphatic rings. The lowest BCUT2D eigenvalue weighted by Gasteiger charge is -2.09. The van der Waals surface area contributed by atoms with E-state index in [9.17, 15) is 4.79 Å². The van der Waals surface area contributed by atoms with Crippen molar-refractivity contribution in [3.63, 3.8) is 0 Å². The number of aryl methyl sites for hydroxylation is 2. The molecule has 1 aromatic carbocycles. The number of benzene rings is 1. The van der Waals surface area contributed by atoms with Crippen molar-refractivity contribution in [3.8, 4) is 11.6 Å². The van der Waals surface area contributed by atoms with Crippen LogP contribution in [0.5, 0.6) is 11.6 Å². The number of carbonyl (C=O) groups is 1. The largest absolute Gasteiger partial charge is 0.478 e. The number of aromatic carboxylic acids is 1. The molecule has 0 atom stereocenters. The van der Waals surface area contributed by atoms with Gasteiger partial charge in [0.2, 0.25) is 5.88 Å². The fourth-order valence-corrected chi connectivity index (χ4v) is 1.78. The van der Waals surface area contributed by atoms with Crippen LogP contribution in [0.1, 0.15) is 21.7 Å². The first-order chi connectivity index (χ1) is 8.97. The van der Waals surface area contributed by atoms with Gasteiger partial charge in [-0.3, -0.25) is 4.98 Å². The minimum atomic E-state index is -1.06. The number of hydrogen-bond donors (Lipinski definition) is 1.